The van der Waals surface area contributed by atoms with Crippen molar-refractivity contribution in [1.82, 2.24) is 4.98 Å². The van der Waals surface area contributed by atoms with Crippen molar-refractivity contribution in [2.45, 2.75) is 13.3 Å². The molecule has 0 radical (unpaired) electrons. The number of thiazole rings is 1. The molecule has 0 aliphatic heterocycles. The molecular weight excluding hydrogens is 176 g/mol. The summed E-state index contributed by atoms with van der Waals surface area (Å²) < 4.78 is 0. The van der Waals surface area contributed by atoms with E-state index in [1.165, 1.54) is 17.1 Å². The second-order valence-corrected chi connectivity index (χ2v) is 4.39. The van der Waals surface area contributed by atoms with Crippen LogP contribution in [0.4, 0.5) is 5.00 Å². The molecule has 0 atom stereocenters. The zero-order valence-corrected chi connectivity index (χ0v) is 8.17. The summed E-state index contributed by atoms with van der Waals surface area (Å²) in [5, 5.41) is 0.877. The van der Waals surface area contributed by atoms with Crippen LogP contribution in [0.2, 0.25) is 0 Å². The van der Waals surface area contributed by atoms with Gasteiger partial charge in [0, 0.05) is 6.42 Å². The van der Waals surface area contributed by atoms with Gasteiger partial charge in [-0.25, -0.2) is 4.98 Å². The molecule has 0 amide bonds. The Morgan fingerprint density at radius 1 is 1.73 bits per heavy atom. The first-order valence-electron chi connectivity index (χ1n) is 3.60. The van der Waals surface area contributed by atoms with Crippen molar-refractivity contribution in [3.05, 3.63) is 11.2 Å². The van der Waals surface area contributed by atoms with Crippen molar-refractivity contribution in [1.29, 1.82) is 0 Å². The highest BCUT2D eigenvalue weighted by Gasteiger charge is 2.00. The first-order chi connectivity index (χ1) is 5.34. The minimum absolute atomic E-state index is 0.877. The maximum atomic E-state index is 5.67. The van der Waals surface area contributed by atoms with Crippen LogP contribution in [-0.2, 0) is 6.42 Å². The summed E-state index contributed by atoms with van der Waals surface area (Å²) >= 11 is 3.44. The van der Waals surface area contributed by atoms with Crippen LogP contribution in [0.15, 0.2) is 5.51 Å². The van der Waals surface area contributed by atoms with Crippen LogP contribution in [0.3, 0.4) is 0 Å². The van der Waals surface area contributed by atoms with Gasteiger partial charge in [0.25, 0.3) is 0 Å². The quantitative estimate of drug-likeness (QED) is 0.735. The fraction of sp³-hybridized carbons (Fsp3) is 0.571. The van der Waals surface area contributed by atoms with Crippen LogP contribution in [0.5, 0.6) is 0 Å². The average Bonchev–Trinajstić information content (AvgIpc) is 2.37. The van der Waals surface area contributed by atoms with Gasteiger partial charge in [-0.05, 0) is 11.5 Å². The van der Waals surface area contributed by atoms with Gasteiger partial charge in [0.15, 0.2) is 0 Å². The maximum Gasteiger partial charge on any atom is 0.109 e. The van der Waals surface area contributed by atoms with E-state index in [0.717, 1.165) is 22.9 Å². The molecule has 0 saturated carbocycles. The summed E-state index contributed by atoms with van der Waals surface area (Å²) in [7, 11) is 0. The van der Waals surface area contributed by atoms with E-state index in [4.69, 9.17) is 5.73 Å². The summed E-state index contributed by atoms with van der Waals surface area (Å²) in [6.45, 7) is 2.16. The first kappa shape index (κ1) is 8.87. The maximum absolute atomic E-state index is 5.67. The minimum atomic E-state index is 0.877. The summed E-state index contributed by atoms with van der Waals surface area (Å²) in [5.74, 6) is 2.30. The third-order valence-corrected chi connectivity index (χ3v) is 2.96. The van der Waals surface area contributed by atoms with Crippen molar-refractivity contribution in [3.8, 4) is 0 Å². The van der Waals surface area contributed by atoms with Crippen LogP contribution in [0.1, 0.15) is 12.6 Å². The Bertz CT molecular complexity index is 210. The third kappa shape index (κ3) is 2.71. The number of thioether (sulfide) groups is 1. The number of aryl methyl sites for hydroxylation is 1. The molecule has 1 aromatic heterocycles. The van der Waals surface area contributed by atoms with Gasteiger partial charge < -0.3 is 5.73 Å². The number of rotatable bonds is 4. The van der Waals surface area contributed by atoms with Crippen LogP contribution in [0.25, 0.3) is 0 Å². The number of anilines is 1. The molecule has 2 N–H and O–H groups in total. The number of nitrogens with two attached hydrogens (primary N) is 1. The highest BCUT2D eigenvalue weighted by Crippen LogP contribution is 2.17. The predicted octanol–water partition coefficient (Wildman–Crippen LogP) is 2.02. The monoisotopic (exact) mass is 188 g/mol. The van der Waals surface area contributed by atoms with Crippen molar-refractivity contribution in [2.24, 2.45) is 0 Å². The van der Waals surface area contributed by atoms with E-state index in [1.807, 2.05) is 11.8 Å². The lowest BCUT2D eigenvalue weighted by atomic mass is 10.4. The second kappa shape index (κ2) is 4.62. The van der Waals surface area contributed by atoms with E-state index in [0.29, 0.717) is 0 Å². The molecule has 0 aliphatic rings. The number of aromatic nitrogens is 1. The van der Waals surface area contributed by atoms with Gasteiger partial charge in [0.05, 0.1) is 11.2 Å². The van der Waals surface area contributed by atoms with Crippen molar-refractivity contribution in [3.63, 3.8) is 0 Å². The van der Waals surface area contributed by atoms with Crippen molar-refractivity contribution >= 4 is 28.1 Å². The molecule has 4 heteroatoms. The molecule has 62 valence electrons. The Kier molecular flexibility index (Phi) is 3.72. The van der Waals surface area contributed by atoms with E-state index in [1.54, 1.807) is 5.51 Å². The molecule has 1 rings (SSSR count). The van der Waals surface area contributed by atoms with E-state index in [9.17, 15) is 0 Å². The highest BCUT2D eigenvalue weighted by molar-refractivity contribution is 7.99. The standard InChI is InChI=1S/C7H12N2S2/c1-2-10-4-3-6-7(8)11-5-9-6/h5H,2-4,8H2,1H3. The summed E-state index contributed by atoms with van der Waals surface area (Å²) in [4.78, 5) is 4.17. The molecule has 11 heavy (non-hydrogen) atoms. The molecular formula is C7H12N2S2. The predicted molar refractivity (Wildman–Crippen MR) is 53.2 cm³/mol. The molecule has 0 spiro atoms. The van der Waals surface area contributed by atoms with Crippen molar-refractivity contribution in [2.75, 3.05) is 17.2 Å². The third-order valence-electron chi connectivity index (χ3n) is 1.36. The fourth-order valence-electron chi connectivity index (χ4n) is 0.779. The molecule has 0 aliphatic carbocycles. The van der Waals surface area contributed by atoms with Crippen LogP contribution in [-0.4, -0.2) is 16.5 Å². The van der Waals surface area contributed by atoms with Crippen LogP contribution >= 0.6 is 23.1 Å². The molecule has 0 saturated heterocycles. The lowest BCUT2D eigenvalue weighted by Crippen LogP contribution is -1.93. The van der Waals surface area contributed by atoms with E-state index in [2.05, 4.69) is 11.9 Å². The normalized spacial score (nSPS) is 10.3. The molecule has 0 unspecified atom stereocenters. The van der Waals surface area contributed by atoms with Crippen LogP contribution in [0, 0.1) is 0 Å². The summed E-state index contributed by atoms with van der Waals surface area (Å²) in [6, 6.07) is 0. The van der Waals surface area contributed by atoms with Gasteiger partial charge in [-0.15, -0.1) is 11.3 Å². The van der Waals surface area contributed by atoms with E-state index < -0.39 is 0 Å². The number of nitrogen functional groups attached to an aromatic ring is 1. The minimum Gasteiger partial charge on any atom is -0.389 e. The fourth-order valence-corrected chi connectivity index (χ4v) is 1.99. The Morgan fingerprint density at radius 3 is 3.09 bits per heavy atom. The number of hydrogen-bond acceptors (Lipinski definition) is 4. The van der Waals surface area contributed by atoms with Gasteiger partial charge in [-0.1, -0.05) is 6.92 Å². The topological polar surface area (TPSA) is 38.9 Å². The Labute approximate surface area is 75.2 Å². The number of nitrogens with zero attached hydrogens (tertiary/aromatic N) is 1. The lowest BCUT2D eigenvalue weighted by Gasteiger charge is -1.96. The largest absolute Gasteiger partial charge is 0.389 e. The Morgan fingerprint density at radius 2 is 2.55 bits per heavy atom. The molecule has 0 aromatic carbocycles. The van der Waals surface area contributed by atoms with E-state index >= 15 is 0 Å². The summed E-state index contributed by atoms with van der Waals surface area (Å²) in [5.41, 5.74) is 8.54. The molecule has 2 nitrogen and oxygen atoms in total. The second-order valence-electron chi connectivity index (χ2n) is 2.11. The van der Waals surface area contributed by atoms with Gasteiger partial charge in [-0.2, -0.15) is 11.8 Å². The molecule has 1 aromatic rings. The zero-order chi connectivity index (χ0) is 8.10. The average molecular weight is 188 g/mol. The Hall–Kier alpha value is -0.220. The summed E-state index contributed by atoms with van der Waals surface area (Å²) in [6.07, 6.45) is 1.01. The zero-order valence-electron chi connectivity index (χ0n) is 6.54. The van der Waals surface area contributed by atoms with Crippen LogP contribution < -0.4 is 5.73 Å². The number of hydrogen-bond donors (Lipinski definition) is 1. The van der Waals surface area contributed by atoms with E-state index in [-0.39, 0.29) is 0 Å². The Balaban J connectivity index is 2.32. The van der Waals surface area contributed by atoms with Crippen molar-refractivity contribution < 1.29 is 0 Å². The van der Waals surface area contributed by atoms with Gasteiger partial charge in [-0.3, -0.25) is 0 Å². The molecule has 0 fully saturated rings. The SMILES string of the molecule is CCSCCc1ncsc1N. The smallest absolute Gasteiger partial charge is 0.109 e. The van der Waals surface area contributed by atoms with Gasteiger partial charge in [0.1, 0.15) is 5.00 Å². The van der Waals surface area contributed by atoms with Gasteiger partial charge >= 0.3 is 0 Å². The first-order valence-corrected chi connectivity index (χ1v) is 5.63. The molecule has 1 heterocycles. The lowest BCUT2D eigenvalue weighted by molar-refractivity contribution is 1.08. The molecule has 0 bridgehead atoms. The highest BCUT2D eigenvalue weighted by atomic mass is 32.2. The van der Waals surface area contributed by atoms with Gasteiger partial charge in [0.2, 0.25) is 0 Å².